The van der Waals surface area contributed by atoms with E-state index >= 15 is 0 Å². The van der Waals surface area contributed by atoms with Gasteiger partial charge in [-0.15, -0.1) is 0 Å². The summed E-state index contributed by atoms with van der Waals surface area (Å²) in [6, 6.07) is 5.76. The second-order valence-electron chi connectivity index (χ2n) is 6.39. The van der Waals surface area contributed by atoms with Gasteiger partial charge in [0.25, 0.3) is 0 Å². The smallest absolute Gasteiger partial charge is 0.225 e. The van der Waals surface area contributed by atoms with Crippen LogP contribution in [0.15, 0.2) is 18.2 Å². The molecule has 3 rings (SSSR count). The fraction of sp³-hybridized carbons (Fsp3) is 0.647. The summed E-state index contributed by atoms with van der Waals surface area (Å²) in [5.74, 6) is 1.43. The lowest BCUT2D eigenvalue weighted by Gasteiger charge is -2.34. The number of likely N-dealkylation sites (tertiary alicyclic amines) is 1. The topological polar surface area (TPSA) is 56.7 Å². The summed E-state index contributed by atoms with van der Waals surface area (Å²) in [4.78, 5) is 21.2. The Labute approximate surface area is 131 Å². The summed E-state index contributed by atoms with van der Waals surface area (Å²) >= 11 is 0. The summed E-state index contributed by atoms with van der Waals surface area (Å²) in [6.45, 7) is 5.34. The highest BCUT2D eigenvalue weighted by Gasteiger charge is 2.30. The molecule has 0 aliphatic carbocycles. The first-order chi connectivity index (χ1) is 10.6. The number of aromatic nitrogens is 1. The third kappa shape index (κ3) is 3.24. The van der Waals surface area contributed by atoms with Crippen LogP contribution in [-0.2, 0) is 4.79 Å². The third-order valence-electron chi connectivity index (χ3n) is 4.77. The standard InChI is InChI=1S/C17H25N3O2/c1-13(21)15-5-4-6-16(18-15)19-11-7-14(8-12-19)17(22)20-9-2-3-10-20/h4-6,13-14,21H,2-3,7-12H2,1H3. The molecule has 2 saturated heterocycles. The van der Waals surface area contributed by atoms with Gasteiger partial charge in [0.15, 0.2) is 0 Å². The Balaban J connectivity index is 1.59. The van der Waals surface area contributed by atoms with E-state index in [1.54, 1.807) is 6.92 Å². The Morgan fingerprint density at radius 3 is 2.55 bits per heavy atom. The van der Waals surface area contributed by atoms with Gasteiger partial charge in [-0.1, -0.05) is 6.07 Å². The summed E-state index contributed by atoms with van der Waals surface area (Å²) in [6.07, 6.45) is 3.56. The monoisotopic (exact) mass is 303 g/mol. The van der Waals surface area contributed by atoms with E-state index in [1.165, 1.54) is 0 Å². The largest absolute Gasteiger partial charge is 0.387 e. The van der Waals surface area contributed by atoms with Crippen molar-refractivity contribution in [2.24, 2.45) is 5.92 Å². The first-order valence-corrected chi connectivity index (χ1v) is 8.34. The number of hydrogen-bond acceptors (Lipinski definition) is 4. The summed E-state index contributed by atoms with van der Waals surface area (Å²) < 4.78 is 0. The highest BCUT2D eigenvalue weighted by atomic mass is 16.3. The zero-order valence-corrected chi connectivity index (χ0v) is 13.2. The second kappa shape index (κ2) is 6.65. The molecular formula is C17H25N3O2. The molecule has 2 aliphatic rings. The van der Waals surface area contributed by atoms with E-state index in [0.29, 0.717) is 11.6 Å². The molecule has 0 aromatic carbocycles. The van der Waals surface area contributed by atoms with Gasteiger partial charge in [-0.25, -0.2) is 4.98 Å². The van der Waals surface area contributed by atoms with Gasteiger partial charge in [-0.3, -0.25) is 4.79 Å². The minimum absolute atomic E-state index is 0.175. The number of carbonyl (C=O) groups excluding carboxylic acids is 1. The van der Waals surface area contributed by atoms with E-state index in [2.05, 4.69) is 9.88 Å². The lowest BCUT2D eigenvalue weighted by Crippen LogP contribution is -2.42. The lowest BCUT2D eigenvalue weighted by atomic mass is 9.95. The fourth-order valence-electron chi connectivity index (χ4n) is 3.40. The zero-order valence-electron chi connectivity index (χ0n) is 13.2. The van der Waals surface area contributed by atoms with Crippen LogP contribution in [-0.4, -0.2) is 47.1 Å². The molecule has 1 N–H and O–H groups in total. The Morgan fingerprint density at radius 1 is 1.23 bits per heavy atom. The van der Waals surface area contributed by atoms with E-state index in [0.717, 1.165) is 57.7 Å². The molecule has 5 nitrogen and oxygen atoms in total. The minimum atomic E-state index is -0.547. The van der Waals surface area contributed by atoms with E-state index in [-0.39, 0.29) is 5.92 Å². The molecule has 2 fully saturated rings. The molecule has 1 aromatic heterocycles. The number of pyridine rings is 1. The maximum absolute atomic E-state index is 12.4. The molecule has 2 aliphatic heterocycles. The number of hydrogen-bond donors (Lipinski definition) is 1. The van der Waals surface area contributed by atoms with Gasteiger partial charge in [0, 0.05) is 32.1 Å². The van der Waals surface area contributed by atoms with Crippen molar-refractivity contribution in [3.63, 3.8) is 0 Å². The van der Waals surface area contributed by atoms with Crippen LogP contribution in [0, 0.1) is 5.92 Å². The molecule has 0 spiro atoms. The first kappa shape index (κ1) is 15.3. The van der Waals surface area contributed by atoms with Gasteiger partial charge < -0.3 is 14.9 Å². The number of piperidine rings is 1. The minimum Gasteiger partial charge on any atom is -0.387 e. The molecule has 0 saturated carbocycles. The summed E-state index contributed by atoms with van der Waals surface area (Å²) in [5.41, 5.74) is 0.702. The normalized spacial score (nSPS) is 21.2. The molecule has 1 amide bonds. The number of amides is 1. The third-order valence-corrected chi connectivity index (χ3v) is 4.77. The van der Waals surface area contributed by atoms with Crippen molar-refractivity contribution in [1.29, 1.82) is 0 Å². The van der Waals surface area contributed by atoms with Gasteiger partial charge in [0.1, 0.15) is 5.82 Å². The van der Waals surface area contributed by atoms with Crippen molar-refractivity contribution >= 4 is 11.7 Å². The summed E-state index contributed by atoms with van der Waals surface area (Å²) in [5, 5.41) is 9.65. The molecule has 0 bridgehead atoms. The Hall–Kier alpha value is -1.62. The predicted octanol–water partition coefficient (Wildman–Crippen LogP) is 1.97. The summed E-state index contributed by atoms with van der Waals surface area (Å²) in [7, 11) is 0. The number of aliphatic hydroxyl groups excluding tert-OH is 1. The molecule has 0 radical (unpaired) electrons. The zero-order chi connectivity index (χ0) is 15.5. The molecule has 1 atom stereocenters. The number of nitrogens with zero attached hydrogens (tertiary/aromatic N) is 3. The maximum atomic E-state index is 12.4. The van der Waals surface area contributed by atoms with Gasteiger partial charge in [0.05, 0.1) is 11.8 Å². The Morgan fingerprint density at radius 2 is 1.91 bits per heavy atom. The van der Waals surface area contributed by atoms with Crippen LogP contribution in [0.5, 0.6) is 0 Å². The van der Waals surface area contributed by atoms with Crippen LogP contribution in [0.4, 0.5) is 5.82 Å². The molecule has 1 aromatic rings. The van der Waals surface area contributed by atoms with Crippen molar-refractivity contribution in [2.45, 2.75) is 38.7 Å². The van der Waals surface area contributed by atoms with Crippen LogP contribution < -0.4 is 4.90 Å². The number of aliphatic hydroxyl groups is 1. The Kier molecular flexibility index (Phi) is 4.62. The average Bonchev–Trinajstić information content (AvgIpc) is 3.09. The SMILES string of the molecule is CC(O)c1cccc(N2CCC(C(=O)N3CCCC3)CC2)n1. The van der Waals surface area contributed by atoms with E-state index < -0.39 is 6.10 Å². The molecule has 22 heavy (non-hydrogen) atoms. The number of rotatable bonds is 3. The quantitative estimate of drug-likeness (QED) is 0.927. The van der Waals surface area contributed by atoms with E-state index in [9.17, 15) is 9.90 Å². The van der Waals surface area contributed by atoms with Crippen molar-refractivity contribution in [2.75, 3.05) is 31.1 Å². The van der Waals surface area contributed by atoms with Crippen molar-refractivity contribution < 1.29 is 9.90 Å². The van der Waals surface area contributed by atoms with Crippen LogP contribution in [0.3, 0.4) is 0 Å². The van der Waals surface area contributed by atoms with Crippen LogP contribution in [0.1, 0.15) is 44.4 Å². The number of carbonyl (C=O) groups is 1. The van der Waals surface area contributed by atoms with Crippen LogP contribution in [0.2, 0.25) is 0 Å². The van der Waals surface area contributed by atoms with Crippen molar-refractivity contribution in [3.8, 4) is 0 Å². The highest BCUT2D eigenvalue weighted by Crippen LogP contribution is 2.25. The fourth-order valence-corrected chi connectivity index (χ4v) is 3.40. The predicted molar refractivity (Wildman–Crippen MR) is 85.6 cm³/mol. The number of anilines is 1. The van der Waals surface area contributed by atoms with E-state index in [4.69, 9.17) is 0 Å². The van der Waals surface area contributed by atoms with Gasteiger partial charge in [-0.2, -0.15) is 0 Å². The second-order valence-corrected chi connectivity index (χ2v) is 6.39. The highest BCUT2D eigenvalue weighted by molar-refractivity contribution is 5.79. The molecule has 120 valence electrons. The van der Waals surface area contributed by atoms with Crippen LogP contribution in [0.25, 0.3) is 0 Å². The van der Waals surface area contributed by atoms with Gasteiger partial charge in [-0.05, 0) is 44.7 Å². The molecule has 3 heterocycles. The molecular weight excluding hydrogens is 278 g/mol. The van der Waals surface area contributed by atoms with E-state index in [1.807, 2.05) is 23.1 Å². The molecule has 1 unspecified atom stereocenters. The van der Waals surface area contributed by atoms with Crippen LogP contribution >= 0.6 is 0 Å². The van der Waals surface area contributed by atoms with Gasteiger partial charge in [0.2, 0.25) is 5.91 Å². The average molecular weight is 303 g/mol. The van der Waals surface area contributed by atoms with Crippen molar-refractivity contribution in [1.82, 2.24) is 9.88 Å². The first-order valence-electron chi connectivity index (χ1n) is 8.34. The molecule has 5 heteroatoms. The lowest BCUT2D eigenvalue weighted by molar-refractivity contribution is -0.135. The van der Waals surface area contributed by atoms with Crippen molar-refractivity contribution in [3.05, 3.63) is 23.9 Å². The maximum Gasteiger partial charge on any atom is 0.225 e. The van der Waals surface area contributed by atoms with Gasteiger partial charge >= 0.3 is 0 Å². The Bertz CT molecular complexity index is 518.